The molecule has 0 fully saturated rings. The zero-order chi connectivity index (χ0) is 34.0. The molecule has 0 saturated carbocycles. The van der Waals surface area contributed by atoms with Gasteiger partial charge in [-0.1, -0.05) is 0 Å². The van der Waals surface area contributed by atoms with E-state index in [9.17, 15) is 9.59 Å². The van der Waals surface area contributed by atoms with Gasteiger partial charge < -0.3 is 69.3 Å². The number of rotatable bonds is 2. The SMILES string of the molecule is Cn1ccc(=N)[n-]c1=O.Cn1ccc(=N)[n-]c1=O.NCCN.NCCN.O.O.[O-][Cl+3]([O-])([O-])[O-].[O-][Cl+3]([O-])([O-])[O-].[O-][Cl+3]([O-])([O-])[O-].[OH-].[Pt].[Pt]. The normalized spacial score (nSPS) is 8.91. The van der Waals surface area contributed by atoms with Crippen molar-refractivity contribution in [2.45, 2.75) is 0 Å². The van der Waals surface area contributed by atoms with Crippen LogP contribution in [0.1, 0.15) is 0 Å². The fourth-order valence-electron chi connectivity index (χ4n) is 0.931. The molecule has 2 rings (SSSR count). The Morgan fingerprint density at radius 3 is 0.826 bits per heavy atom. The Morgan fingerprint density at radius 1 is 0.587 bits per heavy atom. The number of nitrogens with two attached hydrogens (primary N) is 4. The first kappa shape index (κ1) is 71.0. The number of hydrogen-bond acceptors (Lipinski definition) is 21. The predicted octanol–water partition coefficient (Wildman–Crippen LogP) is -20.6. The molecule has 15 N–H and O–H groups in total. The van der Waals surface area contributed by atoms with Gasteiger partial charge >= 0.3 is 0 Å². The van der Waals surface area contributed by atoms with Crippen molar-refractivity contribution < 1.29 is 145 Å². The maximum Gasteiger partial charge on any atom is 0.222 e. The fourth-order valence-corrected chi connectivity index (χ4v) is 0.931. The van der Waals surface area contributed by atoms with Gasteiger partial charge in [-0.15, -0.1) is 30.7 Å². The van der Waals surface area contributed by atoms with Gasteiger partial charge in [0.05, 0.1) is 0 Å². The average Bonchev–Trinajstić information content (AvgIpc) is 2.77. The van der Waals surface area contributed by atoms with Crippen LogP contribution in [0.2, 0.25) is 0 Å². The van der Waals surface area contributed by atoms with Crippen molar-refractivity contribution in [2.24, 2.45) is 37.0 Å². The third kappa shape index (κ3) is 104. The van der Waals surface area contributed by atoms with Crippen molar-refractivity contribution in [3.63, 3.8) is 0 Å². The van der Waals surface area contributed by atoms with Crippen LogP contribution >= 0.6 is 0 Å². The molecule has 0 aliphatic heterocycles. The van der Waals surface area contributed by atoms with Gasteiger partial charge in [-0.2, -0.15) is 0 Å². The van der Waals surface area contributed by atoms with Crippen molar-refractivity contribution in [3.8, 4) is 0 Å². The molecule has 0 saturated heterocycles. The molecule has 0 amide bonds. The second kappa shape index (κ2) is 40.0. The van der Waals surface area contributed by atoms with Crippen molar-refractivity contribution in [1.82, 2.24) is 19.1 Å². The van der Waals surface area contributed by atoms with Crippen LogP contribution in [0.3, 0.4) is 0 Å². The van der Waals surface area contributed by atoms with Crippen molar-refractivity contribution >= 4 is 0 Å². The quantitative estimate of drug-likeness (QED) is 0.163. The maximum atomic E-state index is 10.6. The summed E-state index contributed by atoms with van der Waals surface area (Å²) in [6.45, 7) is 2.39. The van der Waals surface area contributed by atoms with E-state index in [1.807, 2.05) is 0 Å². The first-order valence-electron chi connectivity index (χ1n) is 9.39. The van der Waals surface area contributed by atoms with Crippen LogP contribution < -0.4 is 111 Å². The van der Waals surface area contributed by atoms with Crippen LogP contribution in [0, 0.1) is 41.5 Å². The number of halogens is 3. The molecule has 0 atom stereocenters. The molecule has 2 heterocycles. The summed E-state index contributed by atoms with van der Waals surface area (Å²) in [5.74, 6) is 0. The Hall–Kier alpha value is -1.15. The molecule has 0 spiro atoms. The third-order valence-corrected chi connectivity index (χ3v) is 2.28. The predicted molar refractivity (Wildman–Crippen MR) is 107 cm³/mol. The third-order valence-electron chi connectivity index (χ3n) is 2.28. The fraction of sp³-hybridized carbons (Fsp3) is 0.429. The number of aromatic nitrogens is 4. The van der Waals surface area contributed by atoms with Gasteiger partial charge in [0.25, 0.3) is 0 Å². The number of aryl methyl sites for hydroxylation is 2. The molecule has 2 aromatic heterocycles. The van der Waals surface area contributed by atoms with Crippen LogP contribution in [0.15, 0.2) is 34.1 Å². The summed E-state index contributed by atoms with van der Waals surface area (Å²) in [4.78, 5) is 27.8. The summed E-state index contributed by atoms with van der Waals surface area (Å²) in [5, 5.41) is 13.8. The Balaban J connectivity index is -0.0000000415. The molecule has 0 aliphatic carbocycles. The second-order valence-electron chi connectivity index (χ2n) is 5.70. The molecule has 2 aromatic rings. The largest absolute Gasteiger partial charge is 0.870 e. The van der Waals surface area contributed by atoms with Gasteiger partial charge in [-0.05, 0) is 38.6 Å². The van der Waals surface area contributed by atoms with Crippen molar-refractivity contribution in [3.05, 3.63) is 56.5 Å². The Bertz CT molecular complexity index is 1000. The van der Waals surface area contributed by atoms with Crippen molar-refractivity contribution in [1.29, 1.82) is 10.8 Å². The Labute approximate surface area is 293 Å². The van der Waals surface area contributed by atoms with Crippen LogP contribution in [-0.4, -0.2) is 51.7 Å². The second-order valence-corrected chi connectivity index (χ2v) is 7.97. The number of hydrogen-bond donors (Lipinski definition) is 6. The zero-order valence-electron chi connectivity index (χ0n) is 23.2. The molecule has 0 radical (unpaired) electrons. The molecule has 288 valence electrons. The number of nitrogens with one attached hydrogen (secondary N) is 2. The smallest absolute Gasteiger partial charge is 0.222 e. The van der Waals surface area contributed by atoms with Gasteiger partial charge in [0.2, 0.25) is 11.4 Å². The van der Waals surface area contributed by atoms with Crippen LogP contribution in [0.5, 0.6) is 0 Å². The van der Waals surface area contributed by atoms with Crippen LogP contribution in [0.25, 0.3) is 0 Å². The molecule has 46 heavy (non-hydrogen) atoms. The molecular weight excluding hydrogens is 1080 g/mol. The molecular formula is C14H33Cl3N10O17Pt2-6. The van der Waals surface area contributed by atoms with E-state index in [4.69, 9.17) is 89.7 Å². The minimum atomic E-state index is -4.94. The summed E-state index contributed by atoms with van der Waals surface area (Å²) in [7, 11) is -11.6. The van der Waals surface area contributed by atoms with Gasteiger partial charge in [-0.3, -0.25) is 9.59 Å². The van der Waals surface area contributed by atoms with Gasteiger partial charge in [0, 0.05) is 79.3 Å². The summed E-state index contributed by atoms with van der Waals surface area (Å²) >= 11 is 0. The van der Waals surface area contributed by atoms with E-state index < -0.39 is 30.7 Å². The Morgan fingerprint density at radius 2 is 0.739 bits per heavy atom. The minimum Gasteiger partial charge on any atom is -0.870 e. The van der Waals surface area contributed by atoms with E-state index in [0.717, 1.165) is 0 Å². The summed E-state index contributed by atoms with van der Waals surface area (Å²) in [6.07, 6.45) is 3.02. The summed E-state index contributed by atoms with van der Waals surface area (Å²) in [5.41, 5.74) is 18.9. The summed E-state index contributed by atoms with van der Waals surface area (Å²) in [6, 6.07) is 2.92. The van der Waals surface area contributed by atoms with E-state index in [1.165, 1.54) is 33.7 Å². The van der Waals surface area contributed by atoms with Gasteiger partial charge in [0.15, 0.2) is 0 Å². The molecule has 0 bridgehead atoms. The van der Waals surface area contributed by atoms with E-state index in [-0.39, 0.29) is 80.9 Å². The molecule has 32 heteroatoms. The first-order valence-corrected chi connectivity index (χ1v) is 13.1. The number of nitrogens with zero attached hydrogens (tertiary/aromatic N) is 4. The van der Waals surface area contributed by atoms with Crippen LogP contribution in [0.4, 0.5) is 0 Å². The topological polar surface area (TPSA) is 594 Å². The monoisotopic (exact) mass is 1110 g/mol. The molecule has 0 unspecified atom stereocenters. The van der Waals surface area contributed by atoms with E-state index in [0.29, 0.717) is 26.2 Å². The molecule has 0 aliphatic rings. The van der Waals surface area contributed by atoms with Crippen LogP contribution in [-0.2, 0) is 56.2 Å². The minimum absolute atomic E-state index is 0. The van der Waals surface area contributed by atoms with Crippen molar-refractivity contribution in [2.75, 3.05) is 26.2 Å². The maximum absolute atomic E-state index is 10.6. The summed E-state index contributed by atoms with van der Waals surface area (Å²) < 4.78 is 105. The molecule has 27 nitrogen and oxygen atoms in total. The average molecular weight is 1110 g/mol. The zero-order valence-corrected chi connectivity index (χ0v) is 30.0. The molecule has 0 aromatic carbocycles. The Kier molecular flexibility index (Phi) is 61.8. The standard InChI is InChI=1S/2C5H7N3O.2C2H8N2.3ClHO4.3H2O.2Pt/c2*1-8-3-2-4(6)7-5(8)9;2*3-1-2-4;3*2-1(3,4)5;;;;;/h2*2-3H,1H3,(H2,6,7,9);2*1-4H2;3*(H,2,3,4,5);3*1H2;;/p-6. The van der Waals surface area contributed by atoms with Gasteiger partial charge in [0.1, 0.15) is 0 Å². The van der Waals surface area contributed by atoms with E-state index in [1.54, 1.807) is 14.1 Å². The van der Waals surface area contributed by atoms with E-state index in [2.05, 4.69) is 9.97 Å². The first-order chi connectivity index (χ1) is 18.2. The van der Waals surface area contributed by atoms with Gasteiger partial charge in [-0.25, -0.2) is 55.9 Å². The van der Waals surface area contributed by atoms with E-state index >= 15 is 0 Å².